The number of allylic oxidation sites excluding steroid dienone is 4. The maximum Gasteiger partial charge on any atom is 0.335 e. The molecule has 1 saturated heterocycles. The number of nitrogens with one attached hydrogen (secondary N) is 1. The summed E-state index contributed by atoms with van der Waals surface area (Å²) in [6.07, 6.45) is 7.16. The number of Topliss-reactive ketones (excluding diaryl/α,β-unsaturated/α-hetero) is 1. The molecule has 2 aromatic carbocycles. The number of ether oxygens (including phenoxy) is 3. The van der Waals surface area contributed by atoms with E-state index in [-0.39, 0.29) is 49.4 Å². The first-order valence-electron chi connectivity index (χ1n) is 21.8. The lowest BCUT2D eigenvalue weighted by Crippen LogP contribution is -2.69. The lowest BCUT2D eigenvalue weighted by Gasteiger charge is -2.61. The first-order valence-corrected chi connectivity index (χ1v) is 21.8. The van der Waals surface area contributed by atoms with Crippen LogP contribution in [0.5, 0.6) is 0 Å². The Bertz CT molecular complexity index is 2060. The number of aliphatic hydroxyl groups is 3. The van der Waals surface area contributed by atoms with E-state index in [0.717, 1.165) is 19.0 Å². The fourth-order valence-electron chi connectivity index (χ4n) is 8.98. The summed E-state index contributed by atoms with van der Waals surface area (Å²) in [7, 11) is 1.00. The topological polar surface area (TPSA) is 223 Å². The van der Waals surface area contributed by atoms with E-state index in [1.165, 1.54) is 13.8 Å². The standard InChI is InChI=1S/C41H53NO9.C7H6O2.C2H4O.CH4O/c1-24(2)33(51-35(45)19-31(27-15-13-10-14-16-27)42-38(47)28-17-11-8-9-12-18-28)22-41(48)21-30-29-23-49-32(29)20-34(44)40(30,7)37(46)36(50-26(4)43)25(3)39(41,5)6;8-7(9)6-4-2-1-3-5-6;1-2-3;1-2/h8-11,13-18,25,29-34,36,44,48H,1,12,19-23H2,2-7H3,(H,42,47);1-5H,(H,8,9);2H,1H3;2H,1H3. The van der Waals surface area contributed by atoms with Crippen LogP contribution in [0.2, 0.25) is 0 Å². The Hall–Kier alpha value is -5.54. The van der Waals surface area contributed by atoms with E-state index in [1.807, 2.05) is 62.4 Å². The molecule has 6 rings (SSSR count). The van der Waals surface area contributed by atoms with E-state index in [1.54, 1.807) is 63.3 Å². The largest absolute Gasteiger partial charge is 0.478 e. The van der Waals surface area contributed by atoms with Gasteiger partial charge in [-0.3, -0.25) is 19.2 Å². The summed E-state index contributed by atoms with van der Waals surface area (Å²) < 4.78 is 17.6. The molecule has 10 unspecified atom stereocenters. The molecule has 1 aliphatic heterocycles. The van der Waals surface area contributed by atoms with Gasteiger partial charge in [0.1, 0.15) is 12.4 Å². The molecule has 5 N–H and O–H groups in total. The molecule has 1 amide bonds. The molecule has 4 aliphatic rings. The second-order valence-electron chi connectivity index (χ2n) is 17.6. The van der Waals surface area contributed by atoms with Crippen molar-refractivity contribution in [2.45, 2.75) is 117 Å². The number of aliphatic hydroxyl groups excluding tert-OH is 2. The van der Waals surface area contributed by atoms with Crippen LogP contribution in [0.25, 0.3) is 0 Å². The number of carbonyl (C=O) groups excluding carboxylic acids is 5. The molecular formula is C51H67NO13. The van der Waals surface area contributed by atoms with Gasteiger partial charge in [0.25, 0.3) is 5.91 Å². The SMILES string of the molecule is C=C(C)C(CC1(O)CC2C3COC3CC(O)C2(C)C(=O)C(OC(C)=O)C(C)C1(C)C)OC(=O)CC(NC(=O)C1=CCC=CC=C1)c1ccccc1.CC=O.CO.O=C(O)c1ccccc1. The maximum atomic E-state index is 14.4. The molecule has 0 radical (unpaired) electrons. The number of carbonyl (C=O) groups is 6. The van der Waals surface area contributed by atoms with Gasteiger partial charge in [-0.25, -0.2) is 4.79 Å². The monoisotopic (exact) mass is 901 g/mol. The minimum Gasteiger partial charge on any atom is -0.478 e. The van der Waals surface area contributed by atoms with Gasteiger partial charge in [0.2, 0.25) is 0 Å². The molecular weight excluding hydrogens is 835 g/mol. The highest BCUT2D eigenvalue weighted by molar-refractivity contribution is 5.97. The Morgan fingerprint density at radius 2 is 1.60 bits per heavy atom. The quantitative estimate of drug-likeness (QED) is 0.0930. The van der Waals surface area contributed by atoms with Gasteiger partial charge >= 0.3 is 17.9 Å². The van der Waals surface area contributed by atoms with Crippen molar-refractivity contribution in [1.29, 1.82) is 0 Å². The highest BCUT2D eigenvalue weighted by Crippen LogP contribution is 2.59. The molecule has 354 valence electrons. The number of aldehydes is 1. The van der Waals surface area contributed by atoms with Crippen LogP contribution >= 0.6 is 0 Å². The second kappa shape index (κ2) is 24.1. The molecule has 0 spiro atoms. The van der Waals surface area contributed by atoms with Crippen molar-refractivity contribution in [3.8, 4) is 0 Å². The summed E-state index contributed by atoms with van der Waals surface area (Å²) in [6, 6.07) is 16.8. The van der Waals surface area contributed by atoms with E-state index in [9.17, 15) is 34.2 Å². The van der Waals surface area contributed by atoms with Gasteiger partial charge in [-0.1, -0.05) is 100 Å². The van der Waals surface area contributed by atoms with Crippen molar-refractivity contribution >= 4 is 35.9 Å². The fraction of sp³-hybridized carbons (Fsp3) is 0.490. The van der Waals surface area contributed by atoms with Crippen LogP contribution in [0.1, 0.15) is 103 Å². The molecule has 10 atom stereocenters. The van der Waals surface area contributed by atoms with Crippen LogP contribution in [0.15, 0.2) is 109 Å². The van der Waals surface area contributed by atoms with Gasteiger partial charge in [-0.15, -0.1) is 0 Å². The average Bonchev–Trinajstić information content (AvgIpc) is 3.56. The summed E-state index contributed by atoms with van der Waals surface area (Å²) in [6.45, 7) is 16.1. The molecule has 2 aromatic rings. The van der Waals surface area contributed by atoms with E-state index >= 15 is 0 Å². The Balaban J connectivity index is 0.000000693. The van der Waals surface area contributed by atoms with Crippen LogP contribution in [-0.4, -0.2) is 100 Å². The predicted molar refractivity (Wildman–Crippen MR) is 244 cm³/mol. The number of esters is 2. The second-order valence-corrected chi connectivity index (χ2v) is 17.6. The molecule has 14 heteroatoms. The molecule has 0 bridgehead atoms. The van der Waals surface area contributed by atoms with E-state index < -0.39 is 70.5 Å². The first-order chi connectivity index (χ1) is 30.7. The average molecular weight is 902 g/mol. The van der Waals surface area contributed by atoms with Crippen molar-refractivity contribution in [3.05, 3.63) is 120 Å². The zero-order valence-corrected chi connectivity index (χ0v) is 38.8. The third kappa shape index (κ3) is 13.1. The summed E-state index contributed by atoms with van der Waals surface area (Å²) in [5.74, 6) is -4.08. The Labute approximate surface area is 382 Å². The highest BCUT2D eigenvalue weighted by atomic mass is 16.6. The van der Waals surface area contributed by atoms with Crippen molar-refractivity contribution in [2.75, 3.05) is 13.7 Å². The van der Waals surface area contributed by atoms with Crippen molar-refractivity contribution in [3.63, 3.8) is 0 Å². The van der Waals surface area contributed by atoms with Crippen molar-refractivity contribution in [1.82, 2.24) is 5.32 Å². The number of fused-ring (bicyclic) bond motifs is 3. The Morgan fingerprint density at radius 1 is 1.00 bits per heavy atom. The number of carboxylic acid groups (broad SMARTS) is 1. The summed E-state index contributed by atoms with van der Waals surface area (Å²) >= 11 is 0. The van der Waals surface area contributed by atoms with Gasteiger partial charge in [-0.05, 0) is 68.9 Å². The lowest BCUT2D eigenvalue weighted by atomic mass is 9.47. The third-order valence-electron chi connectivity index (χ3n) is 13.4. The number of ketones is 1. The van der Waals surface area contributed by atoms with Gasteiger partial charge in [0.15, 0.2) is 11.9 Å². The van der Waals surface area contributed by atoms with Crippen LogP contribution in [0.3, 0.4) is 0 Å². The number of rotatable bonds is 11. The zero-order chi connectivity index (χ0) is 48.7. The molecule has 0 aromatic heterocycles. The van der Waals surface area contributed by atoms with Crippen LogP contribution in [0.4, 0.5) is 0 Å². The van der Waals surface area contributed by atoms with E-state index in [0.29, 0.717) is 29.7 Å². The van der Waals surface area contributed by atoms with Crippen LogP contribution < -0.4 is 5.32 Å². The minimum absolute atomic E-state index is 0.0552. The van der Waals surface area contributed by atoms with Gasteiger partial charge in [-0.2, -0.15) is 0 Å². The highest BCUT2D eigenvalue weighted by Gasteiger charge is 2.66. The Kier molecular flexibility index (Phi) is 20.0. The molecule has 3 fully saturated rings. The van der Waals surface area contributed by atoms with E-state index in [4.69, 9.17) is 29.2 Å². The van der Waals surface area contributed by atoms with Crippen LogP contribution in [-0.2, 0) is 38.2 Å². The number of aromatic carboxylic acids is 1. The number of hydrogen-bond donors (Lipinski definition) is 5. The maximum absolute atomic E-state index is 14.4. The fourth-order valence-corrected chi connectivity index (χ4v) is 8.98. The molecule has 2 saturated carbocycles. The third-order valence-corrected chi connectivity index (χ3v) is 13.4. The number of benzene rings is 2. The van der Waals surface area contributed by atoms with Gasteiger partial charge < -0.3 is 44.7 Å². The predicted octanol–water partition coefficient (Wildman–Crippen LogP) is 6.45. The van der Waals surface area contributed by atoms with Gasteiger partial charge in [0, 0.05) is 49.7 Å². The number of amides is 1. The summed E-state index contributed by atoms with van der Waals surface area (Å²) in [5, 5.41) is 42.9. The minimum atomic E-state index is -1.59. The number of hydrogen-bond acceptors (Lipinski definition) is 12. The van der Waals surface area contributed by atoms with E-state index in [2.05, 4.69) is 11.9 Å². The van der Waals surface area contributed by atoms with Crippen molar-refractivity contribution in [2.24, 2.45) is 28.6 Å². The molecule has 1 heterocycles. The summed E-state index contributed by atoms with van der Waals surface area (Å²) in [4.78, 5) is 72.9. The molecule has 65 heavy (non-hydrogen) atoms. The smallest absolute Gasteiger partial charge is 0.335 e. The van der Waals surface area contributed by atoms with Crippen molar-refractivity contribution < 1.29 is 63.4 Å². The van der Waals surface area contributed by atoms with Gasteiger partial charge in [0.05, 0.1) is 47.9 Å². The zero-order valence-electron chi connectivity index (χ0n) is 38.8. The number of carboxylic acids is 1. The molecule has 3 aliphatic carbocycles. The first kappa shape index (κ1) is 53.8. The summed E-state index contributed by atoms with van der Waals surface area (Å²) in [5.41, 5.74) is -1.90. The lowest BCUT2D eigenvalue weighted by molar-refractivity contribution is -0.253. The van der Waals surface area contributed by atoms with Crippen LogP contribution in [0, 0.1) is 28.6 Å². The molecule has 14 nitrogen and oxygen atoms in total. The Morgan fingerprint density at radius 3 is 2.12 bits per heavy atom. The normalized spacial score (nSPS) is 28.0.